The molecule has 22 heavy (non-hydrogen) atoms. The molecule has 0 unspecified atom stereocenters. The SMILES string of the molecule is CCOC[C@]12CCCO[C@H]1CCN(C(=O)c1ccccn1)C2. The van der Waals surface area contributed by atoms with Crippen LogP contribution in [0.3, 0.4) is 0 Å². The molecule has 5 nitrogen and oxygen atoms in total. The minimum absolute atomic E-state index is 0.0143. The third-order valence-electron chi connectivity index (χ3n) is 4.75. The molecular formula is C17H24N2O3. The van der Waals surface area contributed by atoms with E-state index in [4.69, 9.17) is 9.47 Å². The van der Waals surface area contributed by atoms with E-state index in [-0.39, 0.29) is 17.4 Å². The summed E-state index contributed by atoms with van der Waals surface area (Å²) in [5.41, 5.74) is 0.459. The smallest absolute Gasteiger partial charge is 0.272 e. The highest BCUT2D eigenvalue weighted by molar-refractivity contribution is 5.92. The second-order valence-electron chi connectivity index (χ2n) is 6.19. The first-order chi connectivity index (χ1) is 10.7. The van der Waals surface area contributed by atoms with Crippen LogP contribution < -0.4 is 0 Å². The van der Waals surface area contributed by atoms with E-state index in [2.05, 4.69) is 4.98 Å². The molecule has 0 saturated carbocycles. The number of likely N-dealkylation sites (tertiary alicyclic amines) is 1. The minimum Gasteiger partial charge on any atom is -0.381 e. The van der Waals surface area contributed by atoms with Gasteiger partial charge in [-0.25, -0.2) is 0 Å². The molecule has 3 heterocycles. The fraction of sp³-hybridized carbons (Fsp3) is 0.647. The molecule has 2 aliphatic rings. The van der Waals surface area contributed by atoms with Gasteiger partial charge in [0, 0.05) is 37.9 Å². The third-order valence-corrected chi connectivity index (χ3v) is 4.75. The van der Waals surface area contributed by atoms with Gasteiger partial charge in [-0.3, -0.25) is 9.78 Å². The van der Waals surface area contributed by atoms with Crippen molar-refractivity contribution in [1.82, 2.24) is 9.88 Å². The quantitative estimate of drug-likeness (QED) is 0.855. The van der Waals surface area contributed by atoms with Gasteiger partial charge in [0.2, 0.25) is 0 Å². The number of amides is 1. The molecule has 0 N–H and O–H groups in total. The number of pyridine rings is 1. The van der Waals surface area contributed by atoms with Crippen LogP contribution in [0.4, 0.5) is 0 Å². The average Bonchev–Trinajstić information content (AvgIpc) is 2.59. The number of piperidine rings is 1. The summed E-state index contributed by atoms with van der Waals surface area (Å²) in [7, 11) is 0. The van der Waals surface area contributed by atoms with Crippen molar-refractivity contribution in [3.05, 3.63) is 30.1 Å². The summed E-state index contributed by atoms with van der Waals surface area (Å²) in [6.45, 7) is 5.63. The first-order valence-electron chi connectivity index (χ1n) is 8.15. The van der Waals surface area contributed by atoms with Gasteiger partial charge in [-0.2, -0.15) is 0 Å². The maximum absolute atomic E-state index is 12.7. The maximum Gasteiger partial charge on any atom is 0.272 e. The molecule has 2 fully saturated rings. The number of aromatic nitrogens is 1. The molecule has 0 aliphatic carbocycles. The van der Waals surface area contributed by atoms with Crippen molar-refractivity contribution in [3.63, 3.8) is 0 Å². The first-order valence-corrected chi connectivity index (χ1v) is 8.15. The van der Waals surface area contributed by atoms with Crippen LogP contribution in [0.2, 0.25) is 0 Å². The van der Waals surface area contributed by atoms with Crippen LogP contribution in [0.5, 0.6) is 0 Å². The van der Waals surface area contributed by atoms with Gasteiger partial charge in [0.1, 0.15) is 5.69 Å². The van der Waals surface area contributed by atoms with Crippen molar-refractivity contribution < 1.29 is 14.3 Å². The third kappa shape index (κ3) is 3.01. The van der Waals surface area contributed by atoms with Crippen LogP contribution in [0.15, 0.2) is 24.4 Å². The Balaban J connectivity index is 1.76. The number of carbonyl (C=O) groups excluding carboxylic acids is 1. The van der Waals surface area contributed by atoms with E-state index in [0.717, 1.165) is 32.4 Å². The fourth-order valence-corrected chi connectivity index (χ4v) is 3.63. The van der Waals surface area contributed by atoms with Crippen LogP contribution in [-0.2, 0) is 9.47 Å². The Labute approximate surface area is 131 Å². The van der Waals surface area contributed by atoms with Gasteiger partial charge in [-0.1, -0.05) is 6.07 Å². The minimum atomic E-state index is -0.0586. The molecule has 1 aromatic heterocycles. The number of hydrogen-bond acceptors (Lipinski definition) is 4. The van der Waals surface area contributed by atoms with E-state index in [1.165, 1.54) is 0 Å². The highest BCUT2D eigenvalue weighted by Crippen LogP contribution is 2.40. The lowest BCUT2D eigenvalue weighted by atomic mass is 9.73. The summed E-state index contributed by atoms with van der Waals surface area (Å²) in [5.74, 6) is 0.0143. The Hall–Kier alpha value is -1.46. The Morgan fingerprint density at radius 1 is 1.55 bits per heavy atom. The Bertz CT molecular complexity index is 508. The van der Waals surface area contributed by atoms with E-state index >= 15 is 0 Å². The summed E-state index contributed by atoms with van der Waals surface area (Å²) < 4.78 is 11.7. The lowest BCUT2D eigenvalue weighted by Gasteiger charge is -2.50. The number of carbonyl (C=O) groups is 1. The van der Waals surface area contributed by atoms with Gasteiger partial charge in [0.25, 0.3) is 5.91 Å². The van der Waals surface area contributed by atoms with Crippen LogP contribution >= 0.6 is 0 Å². The van der Waals surface area contributed by atoms with Crippen LogP contribution in [0.1, 0.15) is 36.7 Å². The zero-order valence-corrected chi connectivity index (χ0v) is 13.2. The van der Waals surface area contributed by atoms with E-state index in [1.54, 1.807) is 12.3 Å². The van der Waals surface area contributed by atoms with Crippen molar-refractivity contribution in [2.75, 3.05) is 32.9 Å². The average molecular weight is 304 g/mol. The number of ether oxygens (including phenoxy) is 2. The van der Waals surface area contributed by atoms with E-state index < -0.39 is 0 Å². The molecule has 1 amide bonds. The second kappa shape index (κ2) is 6.75. The Morgan fingerprint density at radius 3 is 3.23 bits per heavy atom. The lowest BCUT2D eigenvalue weighted by Crippen LogP contribution is -2.58. The van der Waals surface area contributed by atoms with Crippen LogP contribution in [0.25, 0.3) is 0 Å². The summed E-state index contributed by atoms with van der Waals surface area (Å²) in [4.78, 5) is 18.8. The zero-order valence-electron chi connectivity index (χ0n) is 13.2. The molecule has 2 saturated heterocycles. The molecule has 2 atom stereocenters. The molecule has 0 radical (unpaired) electrons. The molecule has 0 aromatic carbocycles. The van der Waals surface area contributed by atoms with Crippen molar-refractivity contribution in [1.29, 1.82) is 0 Å². The first kappa shape index (κ1) is 15.4. The topological polar surface area (TPSA) is 51.7 Å². The highest BCUT2D eigenvalue weighted by Gasteiger charge is 2.47. The standard InChI is InChI=1S/C17H24N2O3/c1-2-21-13-17-8-5-11-22-15(17)7-10-19(12-17)16(20)14-6-3-4-9-18-14/h3-4,6,9,15H,2,5,7-8,10-13H2,1H3/t15-,17+/m0/s1. The molecule has 2 aliphatic heterocycles. The summed E-state index contributed by atoms with van der Waals surface area (Å²) in [5, 5.41) is 0. The van der Waals surface area contributed by atoms with E-state index in [1.807, 2.05) is 24.0 Å². The Kier molecular flexibility index (Phi) is 4.74. The van der Waals surface area contributed by atoms with Gasteiger partial charge in [-0.05, 0) is 38.3 Å². The van der Waals surface area contributed by atoms with Crippen molar-refractivity contribution >= 4 is 5.91 Å². The van der Waals surface area contributed by atoms with Gasteiger partial charge >= 0.3 is 0 Å². The number of fused-ring (bicyclic) bond motifs is 1. The van der Waals surface area contributed by atoms with E-state index in [0.29, 0.717) is 25.5 Å². The summed E-state index contributed by atoms with van der Waals surface area (Å²) >= 11 is 0. The van der Waals surface area contributed by atoms with Gasteiger partial charge in [0.15, 0.2) is 0 Å². The monoisotopic (exact) mass is 304 g/mol. The Morgan fingerprint density at radius 2 is 2.45 bits per heavy atom. The van der Waals surface area contributed by atoms with E-state index in [9.17, 15) is 4.79 Å². The molecule has 1 aromatic rings. The fourth-order valence-electron chi connectivity index (χ4n) is 3.63. The second-order valence-corrected chi connectivity index (χ2v) is 6.19. The van der Waals surface area contributed by atoms with Crippen LogP contribution in [0, 0.1) is 5.41 Å². The summed E-state index contributed by atoms with van der Waals surface area (Å²) in [6.07, 6.45) is 4.85. The predicted molar refractivity (Wildman–Crippen MR) is 82.7 cm³/mol. The molecule has 120 valence electrons. The van der Waals surface area contributed by atoms with Crippen molar-refractivity contribution in [3.8, 4) is 0 Å². The predicted octanol–water partition coefficient (Wildman–Crippen LogP) is 2.13. The molecule has 0 spiro atoms. The molecular weight excluding hydrogens is 280 g/mol. The number of nitrogens with zero attached hydrogens (tertiary/aromatic N) is 2. The normalized spacial score (nSPS) is 28.2. The molecule has 0 bridgehead atoms. The van der Waals surface area contributed by atoms with Gasteiger partial charge in [-0.15, -0.1) is 0 Å². The van der Waals surface area contributed by atoms with Crippen LogP contribution in [-0.4, -0.2) is 54.8 Å². The largest absolute Gasteiger partial charge is 0.381 e. The van der Waals surface area contributed by atoms with Crippen molar-refractivity contribution in [2.45, 2.75) is 32.3 Å². The number of rotatable bonds is 4. The zero-order chi connectivity index (χ0) is 15.4. The highest BCUT2D eigenvalue weighted by atomic mass is 16.5. The summed E-state index contributed by atoms with van der Waals surface area (Å²) in [6, 6.07) is 5.46. The van der Waals surface area contributed by atoms with Crippen molar-refractivity contribution in [2.24, 2.45) is 5.41 Å². The molecule has 5 heteroatoms. The molecule has 3 rings (SSSR count). The number of hydrogen-bond donors (Lipinski definition) is 0. The van der Waals surface area contributed by atoms with Gasteiger partial charge < -0.3 is 14.4 Å². The lowest BCUT2D eigenvalue weighted by molar-refractivity contribution is -0.146. The maximum atomic E-state index is 12.7. The van der Waals surface area contributed by atoms with Gasteiger partial charge in [0.05, 0.1) is 12.7 Å².